The van der Waals surface area contributed by atoms with Crippen molar-refractivity contribution in [1.82, 2.24) is 0 Å². The topological polar surface area (TPSA) is 214 Å². The lowest BCUT2D eigenvalue weighted by Crippen LogP contribution is -2.61. The van der Waals surface area contributed by atoms with Crippen LogP contribution < -0.4 is 0 Å². The minimum absolute atomic E-state index is 0.0597. The number of esters is 1. The van der Waals surface area contributed by atoms with Gasteiger partial charge in [0, 0.05) is 13.0 Å². The van der Waals surface area contributed by atoms with Gasteiger partial charge in [-0.25, -0.2) is 0 Å². The zero-order chi connectivity index (χ0) is 58.6. The molecule has 2 aliphatic heterocycles. The predicted octanol–water partition coefficient (Wildman–Crippen LogP) is 13.6. The Morgan fingerprint density at radius 3 is 1.20 bits per heavy atom. The summed E-state index contributed by atoms with van der Waals surface area (Å²) in [4.78, 5) is 13.1. The number of hydrogen-bond acceptors (Lipinski definition) is 14. The number of carbonyl (C=O) groups excluding carboxylic acids is 1. The van der Waals surface area contributed by atoms with E-state index >= 15 is 0 Å². The number of carbonyl (C=O) groups is 1. The van der Waals surface area contributed by atoms with Gasteiger partial charge in [-0.2, -0.15) is 0 Å². The Morgan fingerprint density at radius 1 is 0.407 bits per heavy atom. The molecule has 0 aliphatic carbocycles. The lowest BCUT2D eigenvalue weighted by molar-refractivity contribution is -0.332. The van der Waals surface area contributed by atoms with Crippen LogP contribution in [0.2, 0.25) is 0 Å². The average molecular weight is 1150 g/mol. The normalized spacial score (nSPS) is 23.9. The first kappa shape index (κ1) is 75.3. The van der Waals surface area contributed by atoms with Crippen LogP contribution in [0.4, 0.5) is 0 Å². The molecular weight excluding hydrogens is 1030 g/mol. The second-order valence-electron chi connectivity index (χ2n) is 23.7. The molecule has 14 nitrogen and oxygen atoms in total. The Morgan fingerprint density at radius 2 is 0.765 bits per heavy atom. The Balaban J connectivity index is 1.65. The molecular formula is C67H124O14. The molecule has 2 rings (SSSR count). The molecule has 81 heavy (non-hydrogen) atoms. The number of rotatable bonds is 56. The van der Waals surface area contributed by atoms with E-state index in [2.05, 4.69) is 50.3 Å². The number of unbranched alkanes of at least 4 members (excludes halogenated alkanes) is 36. The summed E-state index contributed by atoms with van der Waals surface area (Å²) in [6, 6.07) is 0. The monoisotopic (exact) mass is 1150 g/mol. The molecule has 11 unspecified atom stereocenters. The van der Waals surface area contributed by atoms with Crippen molar-refractivity contribution in [1.29, 1.82) is 0 Å². The van der Waals surface area contributed by atoms with E-state index in [1.807, 2.05) is 0 Å². The average Bonchev–Trinajstić information content (AvgIpc) is 3.46. The molecule has 2 saturated heterocycles. The lowest BCUT2D eigenvalue weighted by Gasteiger charge is -2.42. The summed E-state index contributed by atoms with van der Waals surface area (Å²) in [5.74, 6) is -0.383. The highest BCUT2D eigenvalue weighted by Crippen LogP contribution is 2.27. The summed E-state index contributed by atoms with van der Waals surface area (Å²) in [7, 11) is 0. The first-order valence-electron chi connectivity index (χ1n) is 33.6. The van der Waals surface area contributed by atoms with Gasteiger partial charge in [-0.05, 0) is 51.4 Å². The SMILES string of the molecule is CCCCCCC/C=C\C/C=C\C/C=C\CCCCCCCCC(=O)OC(COCCCCCCCCCCCCCCCCCCCCCCCCCCCC)COC1OC(COC2OC(CO)C(O)C(O)C2O)C(O)C(O)C1O. The molecule has 0 aromatic rings. The summed E-state index contributed by atoms with van der Waals surface area (Å²) >= 11 is 0. The fraction of sp³-hybridized carbons (Fsp3) is 0.896. The largest absolute Gasteiger partial charge is 0.457 e. The van der Waals surface area contributed by atoms with E-state index in [0.717, 1.165) is 70.6 Å². The van der Waals surface area contributed by atoms with Gasteiger partial charge in [0.05, 0.1) is 26.4 Å². The van der Waals surface area contributed by atoms with Crippen molar-refractivity contribution in [3.63, 3.8) is 0 Å². The van der Waals surface area contributed by atoms with Crippen molar-refractivity contribution >= 4 is 5.97 Å². The van der Waals surface area contributed by atoms with E-state index in [9.17, 15) is 40.5 Å². The first-order chi connectivity index (χ1) is 39.6. The first-order valence-corrected chi connectivity index (χ1v) is 33.6. The lowest BCUT2D eigenvalue weighted by atomic mass is 9.98. The molecule has 0 aromatic heterocycles. The minimum atomic E-state index is -1.71. The van der Waals surface area contributed by atoms with Gasteiger partial charge in [0.25, 0.3) is 0 Å². The molecule has 0 saturated carbocycles. The van der Waals surface area contributed by atoms with E-state index in [1.165, 1.54) is 186 Å². The van der Waals surface area contributed by atoms with Crippen LogP contribution in [0.25, 0.3) is 0 Å². The number of aliphatic hydroxyl groups is 7. The third-order valence-electron chi connectivity index (χ3n) is 16.2. The van der Waals surface area contributed by atoms with E-state index < -0.39 is 80.7 Å². The summed E-state index contributed by atoms with van der Waals surface area (Å²) in [5, 5.41) is 72.5. The Hall–Kier alpha value is -1.79. The van der Waals surface area contributed by atoms with Crippen molar-refractivity contribution in [2.45, 2.75) is 351 Å². The quantitative estimate of drug-likeness (QED) is 0.0171. The molecule has 11 atom stereocenters. The highest BCUT2D eigenvalue weighted by molar-refractivity contribution is 5.69. The van der Waals surface area contributed by atoms with Gasteiger partial charge in [-0.15, -0.1) is 0 Å². The Kier molecular flexibility index (Phi) is 49.9. The summed E-state index contributed by atoms with van der Waals surface area (Å²) in [6.07, 6.45) is 49.3. The number of allylic oxidation sites excluding steroid dienone is 6. The molecule has 0 spiro atoms. The van der Waals surface area contributed by atoms with Gasteiger partial charge in [-0.1, -0.05) is 262 Å². The van der Waals surface area contributed by atoms with Crippen LogP contribution >= 0.6 is 0 Å². The van der Waals surface area contributed by atoms with E-state index in [0.29, 0.717) is 13.0 Å². The number of ether oxygens (including phenoxy) is 6. The maximum absolute atomic E-state index is 13.1. The zero-order valence-electron chi connectivity index (χ0n) is 51.5. The fourth-order valence-electron chi connectivity index (χ4n) is 10.8. The molecule has 0 radical (unpaired) electrons. The molecule has 0 aromatic carbocycles. The van der Waals surface area contributed by atoms with Crippen LogP contribution in [0, 0.1) is 0 Å². The second kappa shape index (κ2) is 53.7. The molecule has 7 N–H and O–H groups in total. The molecule has 2 heterocycles. The second-order valence-corrected chi connectivity index (χ2v) is 23.7. The van der Waals surface area contributed by atoms with Gasteiger partial charge in [-0.3, -0.25) is 4.79 Å². The van der Waals surface area contributed by atoms with Crippen molar-refractivity contribution < 1.29 is 69.0 Å². The summed E-state index contributed by atoms with van der Waals surface area (Å²) in [5.41, 5.74) is 0. The van der Waals surface area contributed by atoms with Gasteiger partial charge in [0.1, 0.15) is 54.9 Å². The molecule has 476 valence electrons. The molecule has 0 amide bonds. The predicted molar refractivity (Wildman–Crippen MR) is 326 cm³/mol. The fourth-order valence-corrected chi connectivity index (χ4v) is 10.8. The molecule has 2 aliphatic rings. The molecule has 2 fully saturated rings. The van der Waals surface area contributed by atoms with Gasteiger partial charge in [0.2, 0.25) is 0 Å². The number of hydrogen-bond donors (Lipinski definition) is 7. The van der Waals surface area contributed by atoms with Gasteiger partial charge >= 0.3 is 5.97 Å². The standard InChI is InChI=1S/C67H124O14/c1-3-5-7-9-11-13-15-17-19-21-23-25-26-27-28-29-31-33-35-37-39-41-43-45-47-49-51-76-53-56(54-77-66-65(75)63(73)61(71)58(81-66)55-78-67-64(74)62(72)60(70)57(52-68)80-67)79-59(69)50-48-46-44-42-40-38-36-34-32-30-24-22-20-18-16-14-12-10-8-6-4-2/h16,18,22,24,32,34,56-58,60-68,70-75H,3-15,17,19-21,23,25-31,33,35-55H2,1-2H3/b18-16-,24-22-,34-32-. The van der Waals surface area contributed by atoms with Gasteiger partial charge in [0.15, 0.2) is 12.6 Å². The minimum Gasteiger partial charge on any atom is -0.457 e. The summed E-state index contributed by atoms with van der Waals surface area (Å²) in [6.45, 7) is 3.72. The molecule has 14 heteroatoms. The van der Waals surface area contributed by atoms with Crippen LogP contribution in [-0.2, 0) is 33.2 Å². The third kappa shape index (κ3) is 39.5. The van der Waals surface area contributed by atoms with Crippen molar-refractivity contribution in [2.75, 3.05) is 33.0 Å². The van der Waals surface area contributed by atoms with Crippen molar-refractivity contribution in [3.05, 3.63) is 36.5 Å². The highest BCUT2D eigenvalue weighted by Gasteiger charge is 2.47. The number of aliphatic hydroxyl groups excluding tert-OH is 7. The van der Waals surface area contributed by atoms with Crippen molar-refractivity contribution in [3.8, 4) is 0 Å². The Labute approximate surface area is 493 Å². The van der Waals surface area contributed by atoms with Crippen molar-refractivity contribution in [2.24, 2.45) is 0 Å². The Bertz CT molecular complexity index is 1480. The third-order valence-corrected chi connectivity index (χ3v) is 16.2. The van der Waals surface area contributed by atoms with Crippen LogP contribution in [-0.4, -0.2) is 142 Å². The van der Waals surface area contributed by atoms with Gasteiger partial charge < -0.3 is 64.2 Å². The van der Waals surface area contributed by atoms with Crippen LogP contribution in [0.15, 0.2) is 36.5 Å². The van der Waals surface area contributed by atoms with E-state index in [1.54, 1.807) is 0 Å². The summed E-state index contributed by atoms with van der Waals surface area (Å²) < 4.78 is 34.5. The highest BCUT2D eigenvalue weighted by atomic mass is 16.7. The van der Waals surface area contributed by atoms with Crippen LogP contribution in [0.5, 0.6) is 0 Å². The maximum Gasteiger partial charge on any atom is 0.306 e. The van der Waals surface area contributed by atoms with E-state index in [-0.39, 0.29) is 25.6 Å². The zero-order valence-corrected chi connectivity index (χ0v) is 51.5. The smallest absolute Gasteiger partial charge is 0.306 e. The maximum atomic E-state index is 13.1. The van der Waals surface area contributed by atoms with Crippen LogP contribution in [0.3, 0.4) is 0 Å². The van der Waals surface area contributed by atoms with Crippen LogP contribution in [0.1, 0.15) is 284 Å². The molecule has 0 bridgehead atoms. The van der Waals surface area contributed by atoms with E-state index in [4.69, 9.17) is 28.4 Å².